The van der Waals surface area contributed by atoms with E-state index in [1.807, 2.05) is 25.6 Å². The fourth-order valence-corrected chi connectivity index (χ4v) is 2.04. The molecule has 0 spiro atoms. The lowest BCUT2D eigenvalue weighted by Crippen LogP contribution is -2.16. The molecule has 22 heavy (non-hydrogen) atoms. The third-order valence-electron chi connectivity index (χ3n) is 3.47. The highest BCUT2D eigenvalue weighted by molar-refractivity contribution is 4.86. The lowest BCUT2D eigenvalue weighted by atomic mass is 10.2. The van der Waals surface area contributed by atoms with Gasteiger partial charge in [0.25, 0.3) is 0 Å². The molecule has 0 aliphatic heterocycles. The van der Waals surface area contributed by atoms with E-state index in [-0.39, 0.29) is 0 Å². The highest BCUT2D eigenvalue weighted by Crippen LogP contribution is 2.02. The summed E-state index contributed by atoms with van der Waals surface area (Å²) in [7, 11) is 4.01. The van der Waals surface area contributed by atoms with E-state index in [4.69, 9.17) is 0 Å². The van der Waals surface area contributed by atoms with E-state index in [1.54, 1.807) is 0 Å². The molecule has 128 valence electrons. The van der Waals surface area contributed by atoms with Crippen LogP contribution in [0.15, 0.2) is 37.6 Å². The first-order valence-corrected chi connectivity index (χ1v) is 8.57. The maximum atomic E-state index is 3.86. The van der Waals surface area contributed by atoms with Crippen LogP contribution in [0, 0.1) is 0 Å². The van der Waals surface area contributed by atoms with Crippen LogP contribution in [0.3, 0.4) is 0 Å². The molecular weight excluding hydrogens is 272 g/mol. The van der Waals surface area contributed by atoms with Gasteiger partial charge in [0.15, 0.2) is 0 Å². The summed E-state index contributed by atoms with van der Waals surface area (Å²) in [5, 5.41) is 6.35. The van der Waals surface area contributed by atoms with Crippen LogP contribution < -0.4 is 10.6 Å². The van der Waals surface area contributed by atoms with E-state index < -0.39 is 0 Å². The number of unbranched alkanes of at least 4 members (excludes halogenated alkanes) is 4. The Kier molecular flexibility index (Phi) is 14.7. The first-order chi connectivity index (χ1) is 10.7. The molecule has 4 nitrogen and oxygen atoms in total. The molecule has 0 fully saturated rings. The van der Waals surface area contributed by atoms with Gasteiger partial charge >= 0.3 is 0 Å². The standard InChI is InChI=1S/C18H36N4/c1-5-7-8-10-16-22(6-2)18-14-20-12-9-11-15-21(4)17-13-19-3/h6,13-14,17-20H,2,5,7-12,15-16H2,1,3-4H3. The van der Waals surface area contributed by atoms with Crippen molar-refractivity contribution in [3.05, 3.63) is 37.6 Å². The number of nitrogens with zero attached hydrogens (tertiary/aromatic N) is 2. The third-order valence-corrected chi connectivity index (χ3v) is 3.47. The van der Waals surface area contributed by atoms with Gasteiger partial charge in [0.2, 0.25) is 0 Å². The average molecular weight is 309 g/mol. The molecule has 0 unspecified atom stereocenters. The summed E-state index contributed by atoms with van der Waals surface area (Å²) in [6.45, 7) is 9.26. The third kappa shape index (κ3) is 13.4. The van der Waals surface area contributed by atoms with Gasteiger partial charge in [-0.1, -0.05) is 32.8 Å². The zero-order chi connectivity index (χ0) is 16.5. The summed E-state index contributed by atoms with van der Waals surface area (Å²) in [6.07, 6.45) is 17.5. The van der Waals surface area contributed by atoms with Crippen LogP contribution in [0.4, 0.5) is 0 Å². The number of nitrogens with one attached hydrogen (secondary N) is 2. The second-order valence-corrected chi connectivity index (χ2v) is 5.54. The fourth-order valence-electron chi connectivity index (χ4n) is 2.04. The van der Waals surface area contributed by atoms with Gasteiger partial charge in [-0.3, -0.25) is 0 Å². The van der Waals surface area contributed by atoms with Crippen molar-refractivity contribution in [3.8, 4) is 0 Å². The molecule has 0 aromatic carbocycles. The first-order valence-electron chi connectivity index (χ1n) is 8.57. The molecular formula is C18H36N4. The molecule has 2 N–H and O–H groups in total. The Morgan fingerprint density at radius 1 is 0.955 bits per heavy atom. The zero-order valence-corrected chi connectivity index (χ0v) is 14.9. The van der Waals surface area contributed by atoms with Gasteiger partial charge in [-0.15, -0.1) is 0 Å². The minimum atomic E-state index is 1.01. The van der Waals surface area contributed by atoms with Crippen LogP contribution in [-0.2, 0) is 0 Å². The van der Waals surface area contributed by atoms with E-state index in [0.717, 1.165) is 19.6 Å². The Bertz CT molecular complexity index is 299. The van der Waals surface area contributed by atoms with Crippen LogP contribution in [-0.4, -0.2) is 43.5 Å². The summed E-state index contributed by atoms with van der Waals surface area (Å²) >= 11 is 0. The molecule has 0 aliphatic rings. The normalized spacial score (nSPS) is 11.0. The van der Waals surface area contributed by atoms with Crippen molar-refractivity contribution in [2.24, 2.45) is 0 Å². The molecule has 0 saturated carbocycles. The number of rotatable bonds is 15. The van der Waals surface area contributed by atoms with Crippen LogP contribution >= 0.6 is 0 Å². The summed E-state index contributed by atoms with van der Waals surface area (Å²) in [6, 6.07) is 0. The average Bonchev–Trinajstić information content (AvgIpc) is 2.53. The SMILES string of the molecule is C=CN(C=CNCCCCN(C)C=CNC)CCCCCC. The van der Waals surface area contributed by atoms with E-state index in [1.165, 1.54) is 38.5 Å². The Balaban J connectivity index is 3.58. The largest absolute Gasteiger partial charge is 0.393 e. The van der Waals surface area contributed by atoms with Gasteiger partial charge in [0.05, 0.1) is 0 Å². The Labute approximate surface area is 137 Å². The lowest BCUT2D eigenvalue weighted by molar-refractivity contribution is 0.433. The molecule has 0 saturated heterocycles. The van der Waals surface area contributed by atoms with Gasteiger partial charge < -0.3 is 20.4 Å². The topological polar surface area (TPSA) is 30.5 Å². The quantitative estimate of drug-likeness (QED) is 0.454. The van der Waals surface area contributed by atoms with Gasteiger partial charge in [0.1, 0.15) is 0 Å². The summed E-state index contributed by atoms with van der Waals surface area (Å²) in [5.41, 5.74) is 0. The van der Waals surface area contributed by atoms with Gasteiger partial charge in [-0.05, 0) is 25.5 Å². The van der Waals surface area contributed by atoms with E-state index in [0.29, 0.717) is 0 Å². The molecule has 0 heterocycles. The number of hydrogen-bond acceptors (Lipinski definition) is 4. The Morgan fingerprint density at radius 2 is 1.73 bits per heavy atom. The molecule has 0 bridgehead atoms. The molecule has 0 atom stereocenters. The molecule has 0 rings (SSSR count). The maximum Gasteiger partial charge on any atom is 0.0219 e. The Morgan fingerprint density at radius 3 is 2.41 bits per heavy atom. The van der Waals surface area contributed by atoms with E-state index in [9.17, 15) is 0 Å². The van der Waals surface area contributed by atoms with Gasteiger partial charge in [-0.2, -0.15) is 0 Å². The van der Waals surface area contributed by atoms with Crippen molar-refractivity contribution in [1.29, 1.82) is 0 Å². The van der Waals surface area contributed by atoms with Crippen molar-refractivity contribution in [2.75, 3.05) is 33.7 Å². The molecule has 4 heteroatoms. The van der Waals surface area contributed by atoms with Crippen molar-refractivity contribution < 1.29 is 0 Å². The second kappa shape index (κ2) is 15.8. The van der Waals surface area contributed by atoms with Crippen molar-refractivity contribution in [1.82, 2.24) is 20.4 Å². The zero-order valence-electron chi connectivity index (χ0n) is 14.9. The maximum absolute atomic E-state index is 3.86. The monoisotopic (exact) mass is 308 g/mol. The van der Waals surface area contributed by atoms with Crippen molar-refractivity contribution in [3.63, 3.8) is 0 Å². The number of hydrogen-bond donors (Lipinski definition) is 2. The molecule has 0 aromatic rings. The van der Waals surface area contributed by atoms with Crippen LogP contribution in [0.5, 0.6) is 0 Å². The lowest BCUT2D eigenvalue weighted by Gasteiger charge is -2.15. The fraction of sp³-hybridized carbons (Fsp3) is 0.667. The van der Waals surface area contributed by atoms with Crippen LogP contribution in [0.25, 0.3) is 0 Å². The van der Waals surface area contributed by atoms with E-state index in [2.05, 4.69) is 53.4 Å². The summed E-state index contributed by atoms with van der Waals surface area (Å²) in [4.78, 5) is 4.35. The second-order valence-electron chi connectivity index (χ2n) is 5.54. The van der Waals surface area contributed by atoms with Gasteiger partial charge in [-0.25, -0.2) is 0 Å². The molecule has 0 amide bonds. The molecule has 0 aliphatic carbocycles. The van der Waals surface area contributed by atoms with Crippen molar-refractivity contribution >= 4 is 0 Å². The Hall–Kier alpha value is -1.58. The highest BCUT2D eigenvalue weighted by atomic mass is 15.1. The predicted octanol–water partition coefficient (Wildman–Crippen LogP) is 3.48. The van der Waals surface area contributed by atoms with Crippen LogP contribution in [0.2, 0.25) is 0 Å². The van der Waals surface area contributed by atoms with E-state index >= 15 is 0 Å². The molecule has 0 aromatic heterocycles. The summed E-state index contributed by atoms with van der Waals surface area (Å²) in [5.74, 6) is 0. The van der Waals surface area contributed by atoms with Crippen molar-refractivity contribution in [2.45, 2.75) is 45.4 Å². The summed E-state index contributed by atoms with van der Waals surface area (Å²) < 4.78 is 0. The highest BCUT2D eigenvalue weighted by Gasteiger charge is 1.94. The minimum Gasteiger partial charge on any atom is -0.393 e. The smallest absolute Gasteiger partial charge is 0.0219 e. The predicted molar refractivity (Wildman–Crippen MR) is 98.3 cm³/mol. The van der Waals surface area contributed by atoms with Crippen LogP contribution in [0.1, 0.15) is 45.4 Å². The first kappa shape index (κ1) is 20.4. The molecule has 0 radical (unpaired) electrons. The van der Waals surface area contributed by atoms with Gasteiger partial charge in [0, 0.05) is 58.5 Å². The minimum absolute atomic E-state index is 1.01.